The lowest BCUT2D eigenvalue weighted by Gasteiger charge is -2.43. The van der Waals surface area contributed by atoms with Gasteiger partial charge in [0, 0.05) is 50.2 Å². The summed E-state index contributed by atoms with van der Waals surface area (Å²) in [7, 11) is 0. The number of halogens is 10. The first-order valence-electron chi connectivity index (χ1n) is 13.0. The van der Waals surface area contributed by atoms with Crippen LogP contribution in [0.5, 0.6) is 0 Å². The van der Waals surface area contributed by atoms with Crippen LogP contribution in [-0.4, -0.2) is 106 Å². The monoisotopic (exact) mass is 698 g/mol. The van der Waals surface area contributed by atoms with E-state index in [1.54, 1.807) is 12.3 Å². The normalized spacial score (nSPS) is 18.6. The lowest BCUT2D eigenvalue weighted by atomic mass is 9.80. The van der Waals surface area contributed by atoms with Gasteiger partial charge >= 0.3 is 36.4 Å². The molecule has 21 heteroatoms. The number of likely N-dealkylation sites (tertiary alicyclic amines) is 1. The SMILES string of the molecule is Fc1cccnc1N1CCOCC2(CCCN(Cc3ccncc3)C2)C1.O=C(O)C(F)(F)F.O=C(O)C(F)(F)F.O=C(O)C(F)(F)F. The molecule has 0 aromatic carbocycles. The zero-order valence-electron chi connectivity index (χ0n) is 23.9. The minimum atomic E-state index is -5.08. The highest BCUT2D eigenvalue weighted by Crippen LogP contribution is 2.35. The smallest absolute Gasteiger partial charge is 0.475 e. The quantitative estimate of drug-likeness (QED) is 0.385. The van der Waals surface area contributed by atoms with Crippen molar-refractivity contribution >= 4 is 23.7 Å². The summed E-state index contributed by atoms with van der Waals surface area (Å²) in [4.78, 5) is 39.6. The van der Waals surface area contributed by atoms with Crippen LogP contribution in [0.1, 0.15) is 18.4 Å². The molecule has 0 aliphatic carbocycles. The minimum Gasteiger partial charge on any atom is -0.475 e. The van der Waals surface area contributed by atoms with Gasteiger partial charge in [-0.15, -0.1) is 0 Å². The molecular weight excluding hydrogens is 670 g/mol. The van der Waals surface area contributed by atoms with E-state index < -0.39 is 36.4 Å². The molecule has 0 bridgehead atoms. The van der Waals surface area contributed by atoms with Gasteiger partial charge in [-0.3, -0.25) is 9.88 Å². The van der Waals surface area contributed by atoms with Crippen LogP contribution in [0.25, 0.3) is 0 Å². The minimum absolute atomic E-state index is 0.0196. The summed E-state index contributed by atoms with van der Waals surface area (Å²) in [5, 5.41) is 21.4. The molecule has 2 aromatic rings. The summed E-state index contributed by atoms with van der Waals surface area (Å²) in [6.07, 6.45) is -7.67. The van der Waals surface area contributed by atoms with Crippen molar-refractivity contribution in [1.29, 1.82) is 0 Å². The number of carboxylic acids is 3. The van der Waals surface area contributed by atoms with Crippen LogP contribution in [0.15, 0.2) is 42.9 Å². The van der Waals surface area contributed by atoms with E-state index in [4.69, 9.17) is 34.4 Å². The second kappa shape index (κ2) is 17.6. The third kappa shape index (κ3) is 15.2. The maximum atomic E-state index is 14.3. The van der Waals surface area contributed by atoms with Crippen LogP contribution in [-0.2, 0) is 25.7 Å². The Bertz CT molecular complexity index is 1240. The maximum Gasteiger partial charge on any atom is 0.490 e. The molecule has 2 saturated heterocycles. The average molecular weight is 699 g/mol. The number of anilines is 1. The number of hydrogen-bond donors (Lipinski definition) is 3. The Morgan fingerprint density at radius 1 is 0.809 bits per heavy atom. The van der Waals surface area contributed by atoms with Crippen molar-refractivity contribution in [3.05, 3.63) is 54.2 Å². The summed E-state index contributed by atoms with van der Waals surface area (Å²) in [5.41, 5.74) is 1.30. The number of aliphatic carboxylic acids is 3. The molecule has 3 N–H and O–H groups in total. The molecule has 1 spiro atoms. The van der Waals surface area contributed by atoms with E-state index in [1.807, 2.05) is 12.4 Å². The van der Waals surface area contributed by atoms with Gasteiger partial charge in [0.2, 0.25) is 0 Å². The lowest BCUT2D eigenvalue weighted by molar-refractivity contribution is -0.193. The Hall–Kier alpha value is -4.27. The van der Waals surface area contributed by atoms with Gasteiger partial charge in [-0.2, -0.15) is 39.5 Å². The van der Waals surface area contributed by atoms with Gasteiger partial charge in [-0.05, 0) is 49.2 Å². The summed E-state index contributed by atoms with van der Waals surface area (Å²) in [5.74, 6) is -8.08. The van der Waals surface area contributed by atoms with E-state index in [0.717, 1.165) is 45.6 Å². The fourth-order valence-electron chi connectivity index (χ4n) is 4.22. The zero-order chi connectivity index (χ0) is 36.1. The highest BCUT2D eigenvalue weighted by atomic mass is 19.4. The third-order valence-corrected chi connectivity index (χ3v) is 6.10. The largest absolute Gasteiger partial charge is 0.490 e. The van der Waals surface area contributed by atoms with Crippen molar-refractivity contribution in [2.45, 2.75) is 37.9 Å². The van der Waals surface area contributed by atoms with Crippen molar-refractivity contribution in [3.63, 3.8) is 0 Å². The van der Waals surface area contributed by atoms with Gasteiger partial charge in [-0.1, -0.05) is 0 Å². The van der Waals surface area contributed by atoms with E-state index in [9.17, 15) is 43.9 Å². The molecule has 2 aromatic heterocycles. The standard InChI is InChI=1S/C20H25FN4O.3C2HF3O2/c21-18-3-1-7-23-19(18)25-11-12-26-16-20(15-25)6-2-10-24(14-20)13-17-4-8-22-9-5-17;3*3-2(4,5)1(6)7/h1,3-5,7-9H,2,6,10-16H2;3*(H,6,7). The predicted molar refractivity (Wildman–Crippen MR) is 139 cm³/mol. The van der Waals surface area contributed by atoms with Crippen LogP contribution in [0.4, 0.5) is 49.7 Å². The van der Waals surface area contributed by atoms with Crippen molar-refractivity contribution in [2.75, 3.05) is 44.3 Å². The Morgan fingerprint density at radius 3 is 1.79 bits per heavy atom. The molecule has 2 fully saturated rings. The highest BCUT2D eigenvalue weighted by molar-refractivity contribution is 5.73. The molecule has 2 aliphatic heterocycles. The molecule has 11 nitrogen and oxygen atoms in total. The van der Waals surface area contributed by atoms with Crippen LogP contribution >= 0.6 is 0 Å². The van der Waals surface area contributed by atoms with Crippen LogP contribution < -0.4 is 4.90 Å². The van der Waals surface area contributed by atoms with Crippen LogP contribution in [0.3, 0.4) is 0 Å². The number of carboxylic acid groups (broad SMARTS) is 3. The van der Waals surface area contributed by atoms with E-state index in [1.165, 1.54) is 11.6 Å². The van der Waals surface area contributed by atoms with Crippen molar-refractivity contribution < 1.29 is 78.3 Å². The zero-order valence-corrected chi connectivity index (χ0v) is 23.9. The Labute approximate surface area is 259 Å². The molecule has 0 radical (unpaired) electrons. The third-order valence-electron chi connectivity index (χ3n) is 6.10. The van der Waals surface area contributed by atoms with Gasteiger partial charge in [0.05, 0.1) is 13.2 Å². The first-order valence-corrected chi connectivity index (χ1v) is 13.0. The number of ether oxygens (including phenoxy) is 1. The van der Waals surface area contributed by atoms with Crippen molar-refractivity contribution in [1.82, 2.24) is 14.9 Å². The van der Waals surface area contributed by atoms with E-state index >= 15 is 0 Å². The second-order valence-corrected chi connectivity index (χ2v) is 9.86. The molecule has 0 amide bonds. The number of carbonyl (C=O) groups is 3. The molecule has 2 aliphatic rings. The van der Waals surface area contributed by atoms with Crippen LogP contribution in [0, 0.1) is 11.2 Å². The van der Waals surface area contributed by atoms with Gasteiger partial charge in [0.1, 0.15) is 0 Å². The summed E-state index contributed by atoms with van der Waals surface area (Å²) in [6.45, 7) is 5.77. The van der Waals surface area contributed by atoms with Gasteiger partial charge in [0.15, 0.2) is 11.6 Å². The predicted octanol–water partition coefficient (Wildman–Crippen LogP) is 4.63. The number of hydrogen-bond acceptors (Lipinski definition) is 8. The molecule has 47 heavy (non-hydrogen) atoms. The number of alkyl halides is 9. The van der Waals surface area contributed by atoms with E-state index in [0.29, 0.717) is 19.0 Å². The molecule has 264 valence electrons. The number of aromatic nitrogens is 2. The van der Waals surface area contributed by atoms with Gasteiger partial charge < -0.3 is 25.0 Å². The first kappa shape index (κ1) is 40.8. The van der Waals surface area contributed by atoms with E-state index in [2.05, 4.69) is 31.9 Å². The molecular formula is C26H28F10N4O7. The number of rotatable bonds is 3. The molecule has 4 heterocycles. The number of piperidine rings is 1. The lowest BCUT2D eigenvalue weighted by Crippen LogP contribution is -2.50. The number of pyridine rings is 2. The van der Waals surface area contributed by atoms with Gasteiger partial charge in [-0.25, -0.2) is 23.8 Å². The molecule has 1 unspecified atom stereocenters. The maximum absolute atomic E-state index is 14.3. The molecule has 0 saturated carbocycles. The van der Waals surface area contributed by atoms with E-state index in [-0.39, 0.29) is 11.2 Å². The molecule has 4 rings (SSSR count). The fourth-order valence-corrected chi connectivity index (χ4v) is 4.22. The van der Waals surface area contributed by atoms with Crippen LogP contribution in [0.2, 0.25) is 0 Å². The van der Waals surface area contributed by atoms with Gasteiger partial charge in [0.25, 0.3) is 0 Å². The Morgan fingerprint density at radius 2 is 1.32 bits per heavy atom. The Kier molecular flexibility index (Phi) is 15.3. The average Bonchev–Trinajstić information content (AvgIpc) is 3.15. The van der Waals surface area contributed by atoms with Crippen molar-refractivity contribution in [2.24, 2.45) is 5.41 Å². The Balaban J connectivity index is 0.000000430. The summed E-state index contributed by atoms with van der Waals surface area (Å²) >= 11 is 0. The van der Waals surface area contributed by atoms with Crippen molar-refractivity contribution in [3.8, 4) is 0 Å². The summed E-state index contributed by atoms with van der Waals surface area (Å²) < 4.78 is 115. The fraction of sp³-hybridized carbons (Fsp3) is 0.500. The topological polar surface area (TPSA) is 153 Å². The second-order valence-electron chi connectivity index (χ2n) is 9.86. The first-order chi connectivity index (χ1) is 21.6. The number of nitrogens with zero attached hydrogens (tertiary/aromatic N) is 4. The summed E-state index contributed by atoms with van der Waals surface area (Å²) in [6, 6.07) is 7.26. The molecule has 1 atom stereocenters. The highest BCUT2D eigenvalue weighted by Gasteiger charge is 2.41.